The number of unbranched alkanes of at least 4 members (excludes halogenated alkanes) is 10. The van der Waals surface area contributed by atoms with Crippen LogP contribution in [0.5, 0.6) is 0 Å². The van der Waals surface area contributed by atoms with Gasteiger partial charge in [-0.2, -0.15) is 11.8 Å². The van der Waals surface area contributed by atoms with Crippen molar-refractivity contribution >= 4 is 11.8 Å². The molecule has 1 aliphatic rings. The van der Waals surface area contributed by atoms with Crippen molar-refractivity contribution in [3.8, 4) is 11.8 Å². The first-order chi connectivity index (χ1) is 10.9. The van der Waals surface area contributed by atoms with Gasteiger partial charge < -0.3 is 0 Å². The van der Waals surface area contributed by atoms with Gasteiger partial charge in [0.05, 0.1) is 0 Å². The van der Waals surface area contributed by atoms with Gasteiger partial charge in [0.15, 0.2) is 0 Å². The fraction of sp³-hybridized carbons (Fsp3) is 0.905. The molecule has 0 aromatic heterocycles. The zero-order valence-corrected chi connectivity index (χ0v) is 15.8. The van der Waals surface area contributed by atoms with Crippen LogP contribution in [0.25, 0.3) is 0 Å². The normalized spacial score (nSPS) is 15.0. The minimum Gasteiger partial charge on any atom is -0.162 e. The van der Waals surface area contributed by atoms with Crippen LogP contribution in [0.3, 0.4) is 0 Å². The van der Waals surface area contributed by atoms with Crippen LogP contribution in [0.1, 0.15) is 103 Å². The molecule has 1 fully saturated rings. The molecule has 1 saturated carbocycles. The third-order valence-corrected chi connectivity index (χ3v) is 5.69. The Morgan fingerprint density at radius 1 is 0.773 bits per heavy atom. The van der Waals surface area contributed by atoms with Crippen LogP contribution in [-0.2, 0) is 0 Å². The van der Waals surface area contributed by atoms with Crippen molar-refractivity contribution in [1.82, 2.24) is 0 Å². The first-order valence-electron chi connectivity index (χ1n) is 9.99. The average molecular weight is 323 g/mol. The van der Waals surface area contributed by atoms with E-state index in [4.69, 9.17) is 0 Å². The number of hydrogen-bond acceptors (Lipinski definition) is 1. The number of hydrogen-bond donors (Lipinski definition) is 0. The summed E-state index contributed by atoms with van der Waals surface area (Å²) in [5.74, 6) is 10.3. The molecular formula is C21H38S. The maximum Gasteiger partial charge on any atom is 0.0202 e. The molecule has 0 spiro atoms. The van der Waals surface area contributed by atoms with Crippen molar-refractivity contribution in [3.63, 3.8) is 0 Å². The van der Waals surface area contributed by atoms with Crippen LogP contribution < -0.4 is 0 Å². The number of rotatable bonds is 13. The van der Waals surface area contributed by atoms with Crippen LogP contribution >= 0.6 is 11.8 Å². The summed E-state index contributed by atoms with van der Waals surface area (Å²) in [7, 11) is 0. The zero-order valence-electron chi connectivity index (χ0n) is 15.0. The molecule has 1 heteroatoms. The Bertz CT molecular complexity index is 280. The van der Waals surface area contributed by atoms with Crippen molar-refractivity contribution in [1.29, 1.82) is 0 Å². The van der Waals surface area contributed by atoms with E-state index in [-0.39, 0.29) is 0 Å². The summed E-state index contributed by atoms with van der Waals surface area (Å²) in [4.78, 5) is 0. The quantitative estimate of drug-likeness (QED) is 0.255. The van der Waals surface area contributed by atoms with Crippen LogP contribution in [-0.4, -0.2) is 11.5 Å². The van der Waals surface area contributed by atoms with Gasteiger partial charge in [-0.05, 0) is 37.2 Å². The topological polar surface area (TPSA) is 0 Å². The van der Waals surface area contributed by atoms with Crippen molar-refractivity contribution in [2.45, 2.75) is 103 Å². The molecule has 0 aromatic carbocycles. The molecule has 0 unspecified atom stereocenters. The predicted octanol–water partition coefficient (Wildman–Crippen LogP) is 7.22. The minimum absolute atomic E-state index is 0.751. The Morgan fingerprint density at radius 3 is 1.91 bits per heavy atom. The maximum atomic E-state index is 3.47. The maximum absolute atomic E-state index is 3.47. The summed E-state index contributed by atoms with van der Waals surface area (Å²) in [6.45, 7) is 2.26. The van der Waals surface area contributed by atoms with Gasteiger partial charge in [-0.1, -0.05) is 77.1 Å². The minimum atomic E-state index is 0.751. The van der Waals surface area contributed by atoms with E-state index >= 15 is 0 Å². The third kappa shape index (κ3) is 12.5. The van der Waals surface area contributed by atoms with E-state index in [1.165, 1.54) is 101 Å². The average Bonchev–Trinajstić information content (AvgIpc) is 3.04. The summed E-state index contributed by atoms with van der Waals surface area (Å²) in [6.07, 6.45) is 21.0. The van der Waals surface area contributed by atoms with Crippen LogP contribution in [0, 0.1) is 17.8 Å². The molecule has 0 saturated heterocycles. The molecular weight excluding hydrogens is 284 g/mol. The van der Waals surface area contributed by atoms with Gasteiger partial charge in [0.25, 0.3) is 0 Å². The first kappa shape index (κ1) is 20.0. The zero-order chi connectivity index (χ0) is 15.7. The Labute approximate surface area is 144 Å². The van der Waals surface area contributed by atoms with E-state index < -0.39 is 0 Å². The smallest absolute Gasteiger partial charge is 0.0202 e. The summed E-state index contributed by atoms with van der Waals surface area (Å²) >= 11 is 2.09. The summed E-state index contributed by atoms with van der Waals surface area (Å²) in [5, 5.41) is 0. The standard InChI is InChI=1S/C21H38S/c1-2-22-20-16-12-10-8-6-4-3-5-7-9-11-13-17-21-18-14-15-19-21/h21H,2-12,14-16,18-20H2,1H3. The number of thioether (sulfide) groups is 1. The summed E-state index contributed by atoms with van der Waals surface area (Å²) in [6, 6.07) is 0. The van der Waals surface area contributed by atoms with E-state index in [1.54, 1.807) is 0 Å². The van der Waals surface area contributed by atoms with Crippen LogP contribution in [0.2, 0.25) is 0 Å². The molecule has 0 aromatic rings. The van der Waals surface area contributed by atoms with Crippen molar-refractivity contribution in [2.75, 3.05) is 11.5 Å². The van der Waals surface area contributed by atoms with E-state index in [0.29, 0.717) is 0 Å². The lowest BCUT2D eigenvalue weighted by Gasteiger charge is -2.02. The van der Waals surface area contributed by atoms with E-state index in [0.717, 1.165) is 12.3 Å². The van der Waals surface area contributed by atoms with E-state index in [9.17, 15) is 0 Å². The van der Waals surface area contributed by atoms with Gasteiger partial charge in [-0.25, -0.2) is 0 Å². The lowest BCUT2D eigenvalue weighted by atomic mass is 10.1. The highest BCUT2D eigenvalue weighted by Crippen LogP contribution is 2.23. The monoisotopic (exact) mass is 322 g/mol. The van der Waals surface area contributed by atoms with Crippen molar-refractivity contribution in [2.24, 2.45) is 5.92 Å². The fourth-order valence-electron chi connectivity index (χ4n) is 3.26. The molecule has 1 rings (SSSR count). The van der Waals surface area contributed by atoms with Crippen LogP contribution in [0.15, 0.2) is 0 Å². The highest BCUT2D eigenvalue weighted by Gasteiger charge is 2.10. The lowest BCUT2D eigenvalue weighted by molar-refractivity contribution is 0.559. The Kier molecular flexibility index (Phi) is 14.3. The summed E-state index contributed by atoms with van der Waals surface area (Å²) in [5.41, 5.74) is 0. The molecule has 0 aliphatic heterocycles. The van der Waals surface area contributed by atoms with Gasteiger partial charge in [0.1, 0.15) is 0 Å². The highest BCUT2D eigenvalue weighted by atomic mass is 32.2. The largest absolute Gasteiger partial charge is 0.162 e. The van der Waals surface area contributed by atoms with Crippen molar-refractivity contribution < 1.29 is 0 Å². The molecule has 0 N–H and O–H groups in total. The lowest BCUT2D eigenvalue weighted by Crippen LogP contribution is -1.86. The molecule has 22 heavy (non-hydrogen) atoms. The fourth-order valence-corrected chi connectivity index (χ4v) is 3.96. The highest BCUT2D eigenvalue weighted by molar-refractivity contribution is 7.99. The Balaban J connectivity index is 1.71. The third-order valence-electron chi connectivity index (χ3n) is 4.71. The second-order valence-electron chi connectivity index (χ2n) is 6.78. The molecule has 128 valence electrons. The molecule has 0 bridgehead atoms. The van der Waals surface area contributed by atoms with Gasteiger partial charge in [0, 0.05) is 12.3 Å². The van der Waals surface area contributed by atoms with Crippen LogP contribution in [0.4, 0.5) is 0 Å². The Morgan fingerprint density at radius 2 is 1.32 bits per heavy atom. The molecule has 0 radical (unpaired) electrons. The van der Waals surface area contributed by atoms with Gasteiger partial charge >= 0.3 is 0 Å². The summed E-state index contributed by atoms with van der Waals surface area (Å²) < 4.78 is 0. The SMILES string of the molecule is CCSCCCCCCCCCCCCC#CC1CCCC1. The predicted molar refractivity (Wildman–Crippen MR) is 104 cm³/mol. The second-order valence-corrected chi connectivity index (χ2v) is 8.18. The van der Waals surface area contributed by atoms with E-state index in [1.807, 2.05) is 0 Å². The first-order valence-corrected chi connectivity index (χ1v) is 11.1. The molecule has 1 aliphatic carbocycles. The molecule has 0 atom stereocenters. The Hall–Kier alpha value is -0.0900. The second kappa shape index (κ2) is 15.8. The van der Waals surface area contributed by atoms with Gasteiger partial charge in [-0.15, -0.1) is 5.92 Å². The van der Waals surface area contributed by atoms with E-state index in [2.05, 4.69) is 30.5 Å². The molecule has 0 nitrogen and oxygen atoms in total. The molecule has 0 amide bonds. The molecule has 0 heterocycles. The van der Waals surface area contributed by atoms with Gasteiger partial charge in [-0.3, -0.25) is 0 Å². The van der Waals surface area contributed by atoms with Crippen molar-refractivity contribution in [3.05, 3.63) is 0 Å². The van der Waals surface area contributed by atoms with Gasteiger partial charge in [0.2, 0.25) is 0 Å².